The number of rotatable bonds is 6. The Morgan fingerprint density at radius 3 is 2.54 bits per heavy atom. The zero-order valence-electron chi connectivity index (χ0n) is 15.7. The predicted molar refractivity (Wildman–Crippen MR) is 97.3 cm³/mol. The second-order valence-electron chi connectivity index (χ2n) is 8.43. The highest BCUT2D eigenvalue weighted by Crippen LogP contribution is 2.61. The second-order valence-corrected chi connectivity index (χ2v) is 8.43. The van der Waals surface area contributed by atoms with Crippen LogP contribution < -0.4 is 0 Å². The standard InChI is InChI=1S/C20H32O6/c1-12-4-7-16-19(2,9-8-17(24)20(16,3)11-22)14(12)6-5-13(18(25)26)15(23)10-21/h5,14-17,21-24H,1,4,6-11H2,2-3H3,(H,25,26)/b13-5+/t14-,15-,16+,17+,19+,20+/m1/s1. The van der Waals surface area contributed by atoms with Crippen molar-refractivity contribution in [1.82, 2.24) is 0 Å². The van der Waals surface area contributed by atoms with Crippen molar-refractivity contribution in [3.05, 3.63) is 23.8 Å². The first-order valence-corrected chi connectivity index (χ1v) is 9.30. The zero-order valence-corrected chi connectivity index (χ0v) is 15.7. The number of aliphatic hydroxyl groups excluding tert-OH is 4. The van der Waals surface area contributed by atoms with E-state index in [-0.39, 0.29) is 29.4 Å². The van der Waals surface area contributed by atoms with Gasteiger partial charge in [-0.2, -0.15) is 0 Å². The number of hydrogen-bond donors (Lipinski definition) is 5. The third kappa shape index (κ3) is 3.48. The monoisotopic (exact) mass is 368 g/mol. The van der Waals surface area contributed by atoms with Crippen LogP contribution in [0, 0.1) is 22.7 Å². The molecule has 0 saturated heterocycles. The van der Waals surface area contributed by atoms with Crippen LogP contribution in [0.2, 0.25) is 0 Å². The van der Waals surface area contributed by atoms with E-state index in [4.69, 9.17) is 5.11 Å². The highest BCUT2D eigenvalue weighted by molar-refractivity contribution is 5.87. The van der Waals surface area contributed by atoms with Gasteiger partial charge in [-0.25, -0.2) is 4.79 Å². The van der Waals surface area contributed by atoms with E-state index in [2.05, 4.69) is 13.5 Å². The van der Waals surface area contributed by atoms with Crippen LogP contribution in [-0.2, 0) is 4.79 Å². The summed E-state index contributed by atoms with van der Waals surface area (Å²) in [6.45, 7) is 7.54. The average molecular weight is 368 g/mol. The summed E-state index contributed by atoms with van der Waals surface area (Å²) < 4.78 is 0. The topological polar surface area (TPSA) is 118 Å². The molecule has 6 nitrogen and oxygen atoms in total. The van der Waals surface area contributed by atoms with E-state index in [1.165, 1.54) is 6.08 Å². The molecule has 0 bridgehead atoms. The molecule has 5 N–H and O–H groups in total. The molecule has 26 heavy (non-hydrogen) atoms. The maximum absolute atomic E-state index is 11.4. The van der Waals surface area contributed by atoms with E-state index in [1.807, 2.05) is 6.92 Å². The Morgan fingerprint density at radius 1 is 1.35 bits per heavy atom. The van der Waals surface area contributed by atoms with Gasteiger partial charge in [-0.05, 0) is 49.4 Å². The molecule has 2 rings (SSSR count). The van der Waals surface area contributed by atoms with Crippen molar-refractivity contribution < 1.29 is 30.3 Å². The Labute approximate surface area is 154 Å². The molecule has 2 aliphatic rings. The summed E-state index contributed by atoms with van der Waals surface area (Å²) in [4.78, 5) is 11.4. The zero-order chi connectivity index (χ0) is 19.7. The Morgan fingerprint density at radius 2 is 2.00 bits per heavy atom. The van der Waals surface area contributed by atoms with Crippen molar-refractivity contribution in [3.63, 3.8) is 0 Å². The average Bonchev–Trinajstić information content (AvgIpc) is 2.60. The number of hydrogen-bond acceptors (Lipinski definition) is 5. The maximum Gasteiger partial charge on any atom is 0.333 e. The van der Waals surface area contributed by atoms with E-state index in [1.54, 1.807) is 0 Å². The molecule has 0 unspecified atom stereocenters. The lowest BCUT2D eigenvalue weighted by Crippen LogP contribution is -2.57. The molecule has 2 aliphatic carbocycles. The Hall–Kier alpha value is -1.21. The van der Waals surface area contributed by atoms with Gasteiger partial charge in [0.05, 0.1) is 24.9 Å². The molecule has 0 amide bonds. The predicted octanol–water partition coefficient (Wildman–Crippen LogP) is 1.48. The minimum absolute atomic E-state index is 0.000122. The van der Waals surface area contributed by atoms with Gasteiger partial charge in [0.1, 0.15) is 6.10 Å². The van der Waals surface area contributed by atoms with Crippen molar-refractivity contribution in [1.29, 1.82) is 0 Å². The summed E-state index contributed by atoms with van der Waals surface area (Å²) in [5.41, 5.74) is 0.0402. The molecule has 2 fully saturated rings. The van der Waals surface area contributed by atoms with Crippen LogP contribution in [0.3, 0.4) is 0 Å². The molecule has 2 saturated carbocycles. The molecule has 0 aromatic carbocycles. The number of carboxylic acids is 1. The smallest absolute Gasteiger partial charge is 0.333 e. The third-order valence-corrected chi connectivity index (χ3v) is 7.05. The lowest BCUT2D eigenvalue weighted by Gasteiger charge is -2.59. The molecule has 6 heteroatoms. The van der Waals surface area contributed by atoms with Crippen molar-refractivity contribution in [2.24, 2.45) is 22.7 Å². The van der Waals surface area contributed by atoms with Crippen molar-refractivity contribution in [2.45, 2.75) is 58.2 Å². The fraction of sp³-hybridized carbons (Fsp3) is 0.750. The van der Waals surface area contributed by atoms with Gasteiger partial charge in [0, 0.05) is 5.41 Å². The maximum atomic E-state index is 11.4. The Bertz CT molecular complexity index is 585. The first-order chi connectivity index (χ1) is 12.1. The van der Waals surface area contributed by atoms with Crippen molar-refractivity contribution >= 4 is 5.97 Å². The molecule has 0 aromatic rings. The van der Waals surface area contributed by atoms with Crippen LogP contribution in [0.5, 0.6) is 0 Å². The quantitative estimate of drug-likeness (QED) is 0.358. The lowest BCUT2D eigenvalue weighted by molar-refractivity contribution is -0.151. The minimum Gasteiger partial charge on any atom is -0.478 e. The fourth-order valence-electron chi connectivity index (χ4n) is 5.34. The van der Waals surface area contributed by atoms with E-state index in [0.29, 0.717) is 12.8 Å². The van der Waals surface area contributed by atoms with Gasteiger partial charge in [0.25, 0.3) is 0 Å². The molecule has 0 heterocycles. The van der Waals surface area contributed by atoms with Gasteiger partial charge in [0.2, 0.25) is 0 Å². The Kier molecular flexibility index (Phi) is 6.33. The first-order valence-electron chi connectivity index (χ1n) is 9.30. The SMILES string of the molecule is C=C1CC[C@@H]2[C@](C)(CO)[C@@H](O)CC[C@@]2(C)[C@@H]1C/C=C(/C(=O)O)[C@H](O)CO. The number of aliphatic carboxylic acids is 1. The number of aliphatic hydroxyl groups is 4. The number of allylic oxidation sites excluding steroid dienone is 2. The normalized spacial score (nSPS) is 39.4. The number of fused-ring (bicyclic) bond motifs is 1. The van der Waals surface area contributed by atoms with Crippen LogP contribution in [0.1, 0.15) is 46.0 Å². The molecule has 0 aliphatic heterocycles. The molecule has 0 spiro atoms. The first kappa shape index (κ1) is 21.1. The van der Waals surface area contributed by atoms with Crippen LogP contribution in [0.15, 0.2) is 23.8 Å². The van der Waals surface area contributed by atoms with Crippen LogP contribution in [0.25, 0.3) is 0 Å². The summed E-state index contributed by atoms with van der Waals surface area (Å²) in [5, 5.41) is 48.6. The van der Waals surface area contributed by atoms with E-state index in [9.17, 15) is 25.2 Å². The van der Waals surface area contributed by atoms with Gasteiger partial charge in [-0.15, -0.1) is 0 Å². The lowest BCUT2D eigenvalue weighted by atomic mass is 9.46. The molecule has 6 atom stereocenters. The molecule has 148 valence electrons. The van der Waals surface area contributed by atoms with Crippen molar-refractivity contribution in [3.8, 4) is 0 Å². The fourth-order valence-corrected chi connectivity index (χ4v) is 5.34. The van der Waals surface area contributed by atoms with Gasteiger partial charge >= 0.3 is 5.97 Å². The summed E-state index contributed by atoms with van der Waals surface area (Å²) in [6.07, 6.45) is 2.90. The summed E-state index contributed by atoms with van der Waals surface area (Å²) in [5.74, 6) is -1.14. The highest BCUT2D eigenvalue weighted by Gasteiger charge is 2.57. The highest BCUT2D eigenvalue weighted by atomic mass is 16.4. The summed E-state index contributed by atoms with van der Waals surface area (Å²) >= 11 is 0. The Balaban J connectivity index is 2.35. The second kappa shape index (κ2) is 7.80. The molecule has 0 radical (unpaired) electrons. The van der Waals surface area contributed by atoms with Gasteiger partial charge in [-0.1, -0.05) is 32.1 Å². The molecule has 0 aromatic heterocycles. The number of carboxylic acid groups (broad SMARTS) is 1. The van der Waals surface area contributed by atoms with Crippen LogP contribution >= 0.6 is 0 Å². The minimum atomic E-state index is -1.41. The summed E-state index contributed by atoms with van der Waals surface area (Å²) in [6, 6.07) is 0. The number of carbonyl (C=O) groups is 1. The van der Waals surface area contributed by atoms with E-state index >= 15 is 0 Å². The van der Waals surface area contributed by atoms with Crippen LogP contribution in [-0.4, -0.2) is 56.9 Å². The largest absolute Gasteiger partial charge is 0.478 e. The summed E-state index contributed by atoms with van der Waals surface area (Å²) in [7, 11) is 0. The van der Waals surface area contributed by atoms with Crippen molar-refractivity contribution in [2.75, 3.05) is 13.2 Å². The molecular formula is C20H32O6. The van der Waals surface area contributed by atoms with Gasteiger partial charge in [-0.3, -0.25) is 0 Å². The van der Waals surface area contributed by atoms with E-state index in [0.717, 1.165) is 24.8 Å². The molecular weight excluding hydrogens is 336 g/mol. The van der Waals surface area contributed by atoms with Gasteiger partial charge < -0.3 is 25.5 Å². The van der Waals surface area contributed by atoms with E-state index < -0.39 is 30.2 Å². The van der Waals surface area contributed by atoms with Crippen LogP contribution in [0.4, 0.5) is 0 Å². The third-order valence-electron chi connectivity index (χ3n) is 7.05. The van der Waals surface area contributed by atoms with Gasteiger partial charge in [0.15, 0.2) is 0 Å².